The van der Waals surface area contributed by atoms with Crippen LogP contribution in [0.1, 0.15) is 5.56 Å². The van der Waals surface area contributed by atoms with Gasteiger partial charge in [0.15, 0.2) is 0 Å². The monoisotopic (exact) mass is 225 g/mol. The number of rotatable bonds is 6. The lowest BCUT2D eigenvalue weighted by Crippen LogP contribution is -2.26. The van der Waals surface area contributed by atoms with Crippen LogP contribution in [-0.2, 0) is 6.54 Å². The summed E-state index contributed by atoms with van der Waals surface area (Å²) in [4.78, 5) is 2.13. The van der Waals surface area contributed by atoms with Crippen LogP contribution in [0.25, 0.3) is 0 Å². The number of hydrogen-bond acceptors (Lipinski definition) is 2. The van der Waals surface area contributed by atoms with Gasteiger partial charge in [0.25, 0.3) is 0 Å². The second kappa shape index (κ2) is 7.46. The van der Waals surface area contributed by atoms with Crippen molar-refractivity contribution in [2.75, 3.05) is 19.7 Å². The molecule has 1 N–H and O–H groups in total. The zero-order valence-electron chi connectivity index (χ0n) is 8.64. The van der Waals surface area contributed by atoms with E-state index >= 15 is 0 Å². The van der Waals surface area contributed by atoms with Gasteiger partial charge in [-0.25, -0.2) is 0 Å². The Morgan fingerprint density at radius 3 is 2.60 bits per heavy atom. The van der Waals surface area contributed by atoms with Gasteiger partial charge in [-0.2, -0.15) is 0 Å². The zero-order chi connectivity index (χ0) is 10.9. The van der Waals surface area contributed by atoms with Crippen molar-refractivity contribution in [3.8, 4) is 0 Å². The summed E-state index contributed by atoms with van der Waals surface area (Å²) in [6, 6.07) is 10.2. The molecule has 0 spiro atoms. The Labute approximate surface area is 95.8 Å². The van der Waals surface area contributed by atoms with Gasteiger partial charge in [0.1, 0.15) is 0 Å². The summed E-state index contributed by atoms with van der Waals surface area (Å²) >= 11 is 5.48. The Morgan fingerprint density at radius 1 is 1.27 bits per heavy atom. The molecule has 0 atom stereocenters. The van der Waals surface area contributed by atoms with Gasteiger partial charge in [-0.15, -0.1) is 0 Å². The molecule has 1 aromatic rings. The van der Waals surface area contributed by atoms with Gasteiger partial charge < -0.3 is 5.11 Å². The molecule has 15 heavy (non-hydrogen) atoms. The lowest BCUT2D eigenvalue weighted by Gasteiger charge is -2.19. The summed E-state index contributed by atoms with van der Waals surface area (Å²) in [5.41, 5.74) is 2.75. The molecule has 0 fully saturated rings. The molecule has 82 valence electrons. The molecule has 0 aliphatic rings. The lowest BCUT2D eigenvalue weighted by molar-refractivity contribution is 0.203. The highest BCUT2D eigenvalue weighted by Gasteiger charge is 2.02. The Bertz CT molecular complexity index is 287. The molecular weight excluding hydrogens is 210 g/mol. The van der Waals surface area contributed by atoms with Crippen molar-refractivity contribution < 1.29 is 5.11 Å². The number of hydrogen-bond donors (Lipinski definition) is 1. The number of aliphatic hydroxyl groups excluding tert-OH is 1. The molecule has 0 heterocycles. The predicted octanol–water partition coefficient (Wildman–Crippen LogP) is 2.23. The number of aliphatic hydroxyl groups is 1. The SMILES string of the molecule is OCCN(C/C=C/Cl)Cc1ccccc1. The van der Waals surface area contributed by atoms with Crippen molar-refractivity contribution in [3.63, 3.8) is 0 Å². The Hall–Kier alpha value is -0.830. The molecule has 0 aliphatic heterocycles. The fourth-order valence-electron chi connectivity index (χ4n) is 1.41. The van der Waals surface area contributed by atoms with E-state index in [1.165, 1.54) is 11.1 Å². The highest BCUT2D eigenvalue weighted by molar-refractivity contribution is 6.25. The van der Waals surface area contributed by atoms with Crippen molar-refractivity contribution in [3.05, 3.63) is 47.5 Å². The molecule has 0 saturated heterocycles. The summed E-state index contributed by atoms with van der Waals surface area (Å²) < 4.78 is 0. The molecule has 0 bridgehead atoms. The first-order chi connectivity index (χ1) is 7.36. The molecule has 3 heteroatoms. The van der Waals surface area contributed by atoms with E-state index in [1.807, 2.05) is 24.3 Å². The van der Waals surface area contributed by atoms with Gasteiger partial charge in [-0.05, 0) is 5.56 Å². The fourth-order valence-corrected chi connectivity index (χ4v) is 1.49. The van der Waals surface area contributed by atoms with E-state index in [9.17, 15) is 0 Å². The lowest BCUT2D eigenvalue weighted by atomic mass is 10.2. The van der Waals surface area contributed by atoms with Crippen LogP contribution < -0.4 is 0 Å². The summed E-state index contributed by atoms with van der Waals surface area (Å²) in [6.07, 6.45) is 1.88. The number of nitrogens with zero attached hydrogens (tertiary/aromatic N) is 1. The van der Waals surface area contributed by atoms with E-state index in [0.29, 0.717) is 6.54 Å². The molecule has 0 saturated carbocycles. The van der Waals surface area contributed by atoms with Crippen LogP contribution in [-0.4, -0.2) is 29.7 Å². The summed E-state index contributed by atoms with van der Waals surface area (Å²) in [7, 11) is 0. The molecule has 0 unspecified atom stereocenters. The summed E-state index contributed by atoms with van der Waals surface area (Å²) in [5, 5.41) is 8.92. The maximum absolute atomic E-state index is 8.92. The Balaban J connectivity index is 2.50. The van der Waals surface area contributed by atoms with Crippen molar-refractivity contribution in [1.29, 1.82) is 0 Å². The Kier molecular flexibility index (Phi) is 6.09. The van der Waals surface area contributed by atoms with Crippen molar-refractivity contribution >= 4 is 11.6 Å². The van der Waals surface area contributed by atoms with Gasteiger partial charge in [0.05, 0.1) is 6.61 Å². The topological polar surface area (TPSA) is 23.5 Å². The quantitative estimate of drug-likeness (QED) is 0.803. The summed E-state index contributed by atoms with van der Waals surface area (Å²) in [6.45, 7) is 2.43. The van der Waals surface area contributed by atoms with Crippen LogP contribution in [0.4, 0.5) is 0 Å². The minimum absolute atomic E-state index is 0.170. The van der Waals surface area contributed by atoms with Crippen LogP contribution in [0.2, 0.25) is 0 Å². The highest BCUT2D eigenvalue weighted by Crippen LogP contribution is 2.04. The third-order valence-electron chi connectivity index (χ3n) is 2.12. The first-order valence-corrected chi connectivity index (χ1v) is 5.43. The van der Waals surface area contributed by atoms with Crippen molar-refractivity contribution in [2.24, 2.45) is 0 Å². The van der Waals surface area contributed by atoms with E-state index in [1.54, 1.807) is 0 Å². The Morgan fingerprint density at radius 2 is 2.00 bits per heavy atom. The van der Waals surface area contributed by atoms with E-state index in [-0.39, 0.29) is 6.61 Å². The smallest absolute Gasteiger partial charge is 0.0558 e. The maximum atomic E-state index is 8.92. The molecule has 0 radical (unpaired) electrons. The van der Waals surface area contributed by atoms with E-state index in [0.717, 1.165) is 13.1 Å². The van der Waals surface area contributed by atoms with Gasteiger partial charge in [0.2, 0.25) is 0 Å². The third-order valence-corrected chi connectivity index (χ3v) is 2.30. The van der Waals surface area contributed by atoms with Gasteiger partial charge in [-0.3, -0.25) is 4.90 Å². The van der Waals surface area contributed by atoms with Crippen LogP contribution in [0.5, 0.6) is 0 Å². The van der Waals surface area contributed by atoms with Crippen molar-refractivity contribution in [1.82, 2.24) is 4.90 Å². The largest absolute Gasteiger partial charge is 0.395 e. The maximum Gasteiger partial charge on any atom is 0.0558 e. The number of halogens is 1. The first-order valence-electron chi connectivity index (χ1n) is 4.99. The second-order valence-corrected chi connectivity index (χ2v) is 3.56. The van der Waals surface area contributed by atoms with Crippen LogP contribution in [0.3, 0.4) is 0 Å². The van der Waals surface area contributed by atoms with Crippen molar-refractivity contribution in [2.45, 2.75) is 6.54 Å². The van der Waals surface area contributed by atoms with Gasteiger partial charge in [0, 0.05) is 25.2 Å². The first kappa shape index (κ1) is 12.2. The van der Waals surface area contributed by atoms with Crippen LogP contribution >= 0.6 is 11.6 Å². The predicted molar refractivity (Wildman–Crippen MR) is 63.8 cm³/mol. The van der Waals surface area contributed by atoms with Crippen LogP contribution in [0.15, 0.2) is 41.9 Å². The van der Waals surface area contributed by atoms with Crippen LogP contribution in [0, 0.1) is 0 Å². The summed E-state index contributed by atoms with van der Waals surface area (Å²) in [5.74, 6) is 0. The minimum Gasteiger partial charge on any atom is -0.395 e. The highest BCUT2D eigenvalue weighted by atomic mass is 35.5. The molecule has 0 aromatic heterocycles. The minimum atomic E-state index is 0.170. The average Bonchev–Trinajstić information content (AvgIpc) is 2.28. The molecule has 0 aliphatic carbocycles. The normalized spacial score (nSPS) is 11.4. The zero-order valence-corrected chi connectivity index (χ0v) is 9.40. The van der Waals surface area contributed by atoms with E-state index in [2.05, 4.69) is 17.0 Å². The molecule has 1 rings (SSSR count). The van der Waals surface area contributed by atoms with E-state index in [4.69, 9.17) is 16.7 Å². The molecule has 2 nitrogen and oxygen atoms in total. The average molecular weight is 226 g/mol. The molecule has 0 amide bonds. The molecular formula is C12H16ClNO. The van der Waals surface area contributed by atoms with Gasteiger partial charge >= 0.3 is 0 Å². The number of benzene rings is 1. The fraction of sp³-hybridized carbons (Fsp3) is 0.333. The van der Waals surface area contributed by atoms with Gasteiger partial charge in [-0.1, -0.05) is 48.0 Å². The third kappa shape index (κ3) is 4.98. The standard InChI is InChI=1S/C12H16ClNO/c13-7-4-8-14(9-10-15)11-12-5-2-1-3-6-12/h1-7,15H,8-11H2/b7-4+. The van der Waals surface area contributed by atoms with E-state index < -0.39 is 0 Å². The second-order valence-electron chi connectivity index (χ2n) is 3.31. The molecule has 1 aromatic carbocycles.